The number of nitrogens with one attached hydrogen (secondary N) is 1. The van der Waals surface area contributed by atoms with Gasteiger partial charge < -0.3 is 10.4 Å². The monoisotopic (exact) mass is 309 g/mol. The van der Waals surface area contributed by atoms with Crippen LogP contribution in [-0.2, 0) is 4.79 Å². The summed E-state index contributed by atoms with van der Waals surface area (Å²) in [6.45, 7) is 2.46. The predicted molar refractivity (Wildman–Crippen MR) is 94.0 cm³/mol. The van der Waals surface area contributed by atoms with Gasteiger partial charge in [-0.2, -0.15) is 0 Å². The first-order chi connectivity index (χ1) is 11.2. The van der Waals surface area contributed by atoms with Crippen LogP contribution < -0.4 is 5.32 Å². The van der Waals surface area contributed by atoms with Crippen LogP contribution in [0.4, 0.5) is 0 Å². The molecule has 0 saturated heterocycles. The van der Waals surface area contributed by atoms with Crippen molar-refractivity contribution in [3.63, 3.8) is 0 Å². The zero-order chi connectivity index (χ0) is 16.5. The van der Waals surface area contributed by atoms with E-state index in [1.54, 1.807) is 6.08 Å². The lowest BCUT2D eigenvalue weighted by atomic mass is 10.0. The van der Waals surface area contributed by atoms with Gasteiger partial charge in [0.05, 0.1) is 6.10 Å². The van der Waals surface area contributed by atoms with Crippen molar-refractivity contribution < 1.29 is 9.90 Å². The fourth-order valence-corrected chi connectivity index (χ4v) is 2.31. The number of hydrogen-bond donors (Lipinski definition) is 2. The minimum atomic E-state index is -0.578. The van der Waals surface area contributed by atoms with Gasteiger partial charge in [-0.15, -0.1) is 0 Å². The number of allylic oxidation sites excluding steroid dienone is 1. The number of ketones is 1. The highest BCUT2D eigenvalue weighted by molar-refractivity contribution is 5.93. The maximum atomic E-state index is 11.8. The van der Waals surface area contributed by atoms with Gasteiger partial charge in [0.25, 0.3) is 0 Å². The maximum Gasteiger partial charge on any atom is 0.156 e. The lowest BCUT2D eigenvalue weighted by molar-refractivity contribution is -0.114. The minimum absolute atomic E-state index is 0.0720. The lowest BCUT2D eigenvalue weighted by Crippen LogP contribution is -2.33. The molecule has 2 N–H and O–H groups in total. The van der Waals surface area contributed by atoms with Crippen LogP contribution >= 0.6 is 0 Å². The zero-order valence-corrected chi connectivity index (χ0v) is 13.4. The smallest absolute Gasteiger partial charge is 0.156 e. The number of carbonyl (C=O) groups excluding carboxylic acids is 1. The van der Waals surface area contributed by atoms with E-state index in [2.05, 4.69) is 5.32 Å². The quantitative estimate of drug-likeness (QED) is 0.735. The Morgan fingerprint density at radius 2 is 1.70 bits per heavy atom. The molecule has 0 aromatic heterocycles. The SMILES string of the molecule is CC(NCCC(=O)/C=C/c1ccccc1)C(O)c1ccccc1. The fourth-order valence-electron chi connectivity index (χ4n) is 2.31. The minimum Gasteiger partial charge on any atom is -0.387 e. The summed E-state index contributed by atoms with van der Waals surface area (Å²) < 4.78 is 0. The van der Waals surface area contributed by atoms with Crippen molar-refractivity contribution in [2.24, 2.45) is 0 Å². The summed E-state index contributed by atoms with van der Waals surface area (Å²) >= 11 is 0. The molecule has 0 saturated carbocycles. The molecule has 3 nitrogen and oxygen atoms in total. The first kappa shape index (κ1) is 17.1. The van der Waals surface area contributed by atoms with Gasteiger partial charge in [0.15, 0.2) is 5.78 Å². The van der Waals surface area contributed by atoms with Crippen molar-refractivity contribution in [2.75, 3.05) is 6.54 Å². The summed E-state index contributed by atoms with van der Waals surface area (Å²) in [7, 11) is 0. The van der Waals surface area contributed by atoms with Crippen LogP contribution in [0.5, 0.6) is 0 Å². The predicted octanol–water partition coefficient (Wildman–Crippen LogP) is 3.37. The van der Waals surface area contributed by atoms with Gasteiger partial charge in [-0.25, -0.2) is 0 Å². The zero-order valence-electron chi connectivity index (χ0n) is 13.4. The number of aliphatic hydroxyl groups excluding tert-OH is 1. The second-order valence-electron chi connectivity index (χ2n) is 5.56. The van der Waals surface area contributed by atoms with E-state index < -0.39 is 6.10 Å². The van der Waals surface area contributed by atoms with Crippen LogP contribution in [0, 0.1) is 0 Å². The first-order valence-corrected chi connectivity index (χ1v) is 7.89. The van der Waals surface area contributed by atoms with Gasteiger partial charge in [0, 0.05) is 19.0 Å². The van der Waals surface area contributed by atoms with E-state index >= 15 is 0 Å². The molecule has 120 valence electrons. The summed E-state index contributed by atoms with van der Waals surface area (Å²) in [5.74, 6) is 0.0720. The first-order valence-electron chi connectivity index (χ1n) is 7.89. The highest BCUT2D eigenvalue weighted by atomic mass is 16.3. The molecule has 2 rings (SSSR count). The second kappa shape index (κ2) is 9.03. The topological polar surface area (TPSA) is 49.3 Å². The fraction of sp³-hybridized carbons (Fsp3) is 0.250. The van der Waals surface area contributed by atoms with Crippen LogP contribution in [0.1, 0.15) is 30.6 Å². The Morgan fingerprint density at radius 3 is 2.35 bits per heavy atom. The Kier molecular flexibility index (Phi) is 6.73. The van der Waals surface area contributed by atoms with E-state index in [-0.39, 0.29) is 11.8 Å². The molecule has 0 spiro atoms. The van der Waals surface area contributed by atoms with Crippen LogP contribution in [0.2, 0.25) is 0 Å². The van der Waals surface area contributed by atoms with Crippen LogP contribution in [0.3, 0.4) is 0 Å². The molecule has 0 aliphatic rings. The van der Waals surface area contributed by atoms with Crippen molar-refractivity contribution in [3.05, 3.63) is 77.9 Å². The Labute approximate surface area is 137 Å². The molecule has 2 aromatic carbocycles. The lowest BCUT2D eigenvalue weighted by Gasteiger charge is -2.20. The average molecular weight is 309 g/mol. The van der Waals surface area contributed by atoms with Gasteiger partial charge in [-0.1, -0.05) is 66.7 Å². The molecule has 2 atom stereocenters. The molecule has 23 heavy (non-hydrogen) atoms. The third-order valence-corrected chi connectivity index (χ3v) is 3.71. The van der Waals surface area contributed by atoms with E-state index in [1.807, 2.05) is 73.7 Å². The van der Waals surface area contributed by atoms with Crippen molar-refractivity contribution in [2.45, 2.75) is 25.5 Å². The molecular weight excluding hydrogens is 286 g/mol. The van der Waals surface area contributed by atoms with Crippen molar-refractivity contribution in [1.82, 2.24) is 5.32 Å². The van der Waals surface area contributed by atoms with Gasteiger partial charge in [0.1, 0.15) is 0 Å². The molecule has 2 unspecified atom stereocenters. The van der Waals surface area contributed by atoms with Crippen LogP contribution in [0.15, 0.2) is 66.7 Å². The molecule has 0 radical (unpaired) electrons. The molecule has 0 heterocycles. The van der Waals surface area contributed by atoms with Crippen molar-refractivity contribution >= 4 is 11.9 Å². The Bertz CT molecular complexity index is 623. The molecule has 0 fully saturated rings. The molecule has 0 amide bonds. The number of rotatable bonds is 8. The van der Waals surface area contributed by atoms with Gasteiger partial charge in [-0.05, 0) is 24.1 Å². The largest absolute Gasteiger partial charge is 0.387 e. The van der Waals surface area contributed by atoms with Crippen molar-refractivity contribution in [1.29, 1.82) is 0 Å². The highest BCUT2D eigenvalue weighted by Gasteiger charge is 2.15. The number of carbonyl (C=O) groups is 1. The summed E-state index contributed by atoms with van der Waals surface area (Å²) in [5.41, 5.74) is 1.89. The third kappa shape index (κ3) is 5.81. The maximum absolute atomic E-state index is 11.8. The van der Waals surface area contributed by atoms with E-state index in [0.717, 1.165) is 11.1 Å². The number of aliphatic hydroxyl groups is 1. The van der Waals surface area contributed by atoms with E-state index in [4.69, 9.17) is 0 Å². The van der Waals surface area contributed by atoms with Gasteiger partial charge >= 0.3 is 0 Å². The van der Waals surface area contributed by atoms with E-state index in [1.165, 1.54) is 0 Å². The Morgan fingerprint density at radius 1 is 1.09 bits per heavy atom. The molecule has 2 aromatic rings. The third-order valence-electron chi connectivity index (χ3n) is 3.71. The second-order valence-corrected chi connectivity index (χ2v) is 5.56. The van der Waals surface area contributed by atoms with Crippen LogP contribution in [-0.4, -0.2) is 23.5 Å². The molecular formula is C20H23NO2. The Balaban J connectivity index is 1.74. The number of hydrogen-bond acceptors (Lipinski definition) is 3. The van der Waals surface area contributed by atoms with Gasteiger partial charge in [-0.3, -0.25) is 4.79 Å². The summed E-state index contributed by atoms with van der Waals surface area (Å²) in [6, 6.07) is 19.2. The average Bonchev–Trinajstić information content (AvgIpc) is 2.61. The summed E-state index contributed by atoms with van der Waals surface area (Å²) in [5, 5.41) is 13.5. The molecule has 0 bridgehead atoms. The van der Waals surface area contributed by atoms with Crippen LogP contribution in [0.25, 0.3) is 6.08 Å². The standard InChI is InChI=1S/C20H23NO2/c1-16(20(23)18-10-6-3-7-11-18)21-15-14-19(22)13-12-17-8-4-2-5-9-17/h2-13,16,20-21,23H,14-15H2,1H3/b13-12+. The molecule has 0 aliphatic heterocycles. The summed E-state index contributed by atoms with van der Waals surface area (Å²) in [6.07, 6.45) is 3.26. The molecule has 0 aliphatic carbocycles. The van der Waals surface area contributed by atoms with E-state index in [0.29, 0.717) is 13.0 Å². The normalized spacial score (nSPS) is 13.8. The Hall–Kier alpha value is -2.23. The van der Waals surface area contributed by atoms with Crippen molar-refractivity contribution in [3.8, 4) is 0 Å². The highest BCUT2D eigenvalue weighted by Crippen LogP contribution is 2.15. The molecule has 3 heteroatoms. The summed E-state index contributed by atoms with van der Waals surface area (Å²) in [4.78, 5) is 11.8. The van der Waals surface area contributed by atoms with Gasteiger partial charge in [0.2, 0.25) is 0 Å². The van der Waals surface area contributed by atoms with E-state index in [9.17, 15) is 9.90 Å². The number of benzene rings is 2.